The summed E-state index contributed by atoms with van der Waals surface area (Å²) < 4.78 is 2.59. The lowest BCUT2D eigenvalue weighted by Gasteiger charge is -2.02. The average molecular weight is 325 g/mol. The van der Waals surface area contributed by atoms with Crippen LogP contribution < -0.4 is 0 Å². The SMILES string of the molecule is Cn1cnc(-c2ccccc2)c1-c1nc2c(=S)[nH]cnc2s1. The highest BCUT2D eigenvalue weighted by Crippen LogP contribution is 2.34. The average Bonchev–Trinajstić information content (AvgIpc) is 3.12. The van der Waals surface area contributed by atoms with Crippen LogP contribution in [0, 0.1) is 4.64 Å². The number of aromatic amines is 1. The molecule has 0 radical (unpaired) electrons. The molecule has 0 atom stereocenters. The van der Waals surface area contributed by atoms with E-state index in [1.807, 2.05) is 41.9 Å². The van der Waals surface area contributed by atoms with Gasteiger partial charge in [0.25, 0.3) is 0 Å². The van der Waals surface area contributed by atoms with Crippen molar-refractivity contribution in [3.05, 3.63) is 47.6 Å². The van der Waals surface area contributed by atoms with E-state index in [-0.39, 0.29) is 0 Å². The van der Waals surface area contributed by atoms with E-state index in [9.17, 15) is 0 Å². The van der Waals surface area contributed by atoms with Crippen molar-refractivity contribution in [2.45, 2.75) is 0 Å². The fourth-order valence-electron chi connectivity index (χ4n) is 2.36. The lowest BCUT2D eigenvalue weighted by Crippen LogP contribution is -1.91. The van der Waals surface area contributed by atoms with Crippen LogP contribution in [0.3, 0.4) is 0 Å². The van der Waals surface area contributed by atoms with Crippen molar-refractivity contribution in [3.63, 3.8) is 0 Å². The predicted molar refractivity (Wildman–Crippen MR) is 90.2 cm³/mol. The van der Waals surface area contributed by atoms with Crippen LogP contribution in [0.4, 0.5) is 0 Å². The van der Waals surface area contributed by atoms with Gasteiger partial charge in [0.1, 0.15) is 25.7 Å². The first-order valence-electron chi connectivity index (χ1n) is 6.65. The molecule has 0 aliphatic carbocycles. The van der Waals surface area contributed by atoms with E-state index in [0.717, 1.165) is 32.3 Å². The molecule has 3 aromatic heterocycles. The Morgan fingerprint density at radius 2 is 2.00 bits per heavy atom. The normalized spacial score (nSPS) is 11.1. The Morgan fingerprint density at radius 1 is 1.18 bits per heavy atom. The molecule has 0 saturated heterocycles. The second kappa shape index (κ2) is 5.11. The van der Waals surface area contributed by atoms with E-state index in [1.165, 1.54) is 11.3 Å². The molecule has 4 aromatic rings. The number of fused-ring (bicyclic) bond motifs is 1. The van der Waals surface area contributed by atoms with E-state index in [4.69, 9.17) is 12.2 Å². The van der Waals surface area contributed by atoms with E-state index < -0.39 is 0 Å². The van der Waals surface area contributed by atoms with Crippen LogP contribution in [0.25, 0.3) is 32.3 Å². The number of aryl methyl sites for hydroxylation is 1. The number of thiazole rings is 1. The molecule has 0 aliphatic rings. The topological polar surface area (TPSA) is 59.4 Å². The Kier molecular flexibility index (Phi) is 3.09. The summed E-state index contributed by atoms with van der Waals surface area (Å²) in [6.45, 7) is 0. The molecular weight excluding hydrogens is 314 g/mol. The van der Waals surface area contributed by atoms with E-state index in [2.05, 4.69) is 19.9 Å². The first kappa shape index (κ1) is 13.3. The molecule has 0 aliphatic heterocycles. The predicted octanol–water partition coefficient (Wildman–Crippen LogP) is 3.82. The number of hydrogen-bond donors (Lipinski definition) is 1. The molecule has 0 saturated carbocycles. The van der Waals surface area contributed by atoms with Crippen LogP contribution in [-0.4, -0.2) is 24.5 Å². The number of hydrogen-bond acceptors (Lipinski definition) is 5. The van der Waals surface area contributed by atoms with Gasteiger partial charge in [-0.15, -0.1) is 0 Å². The number of rotatable bonds is 2. The summed E-state index contributed by atoms with van der Waals surface area (Å²) in [5, 5.41) is 0.868. The maximum absolute atomic E-state index is 5.28. The van der Waals surface area contributed by atoms with Gasteiger partial charge in [-0.2, -0.15) is 0 Å². The fourth-order valence-corrected chi connectivity index (χ4v) is 3.62. The Hall–Kier alpha value is -2.38. The number of nitrogens with zero attached hydrogens (tertiary/aromatic N) is 4. The third kappa shape index (κ3) is 2.06. The summed E-state index contributed by atoms with van der Waals surface area (Å²) >= 11 is 6.80. The summed E-state index contributed by atoms with van der Waals surface area (Å²) in [5.41, 5.74) is 3.69. The zero-order valence-electron chi connectivity index (χ0n) is 11.6. The number of aromatic nitrogens is 5. The van der Waals surface area contributed by atoms with Crippen LogP contribution in [-0.2, 0) is 7.05 Å². The molecule has 4 rings (SSSR count). The van der Waals surface area contributed by atoms with Gasteiger partial charge in [-0.1, -0.05) is 53.9 Å². The van der Waals surface area contributed by atoms with E-state index in [1.54, 1.807) is 12.7 Å². The van der Waals surface area contributed by atoms with Gasteiger partial charge in [-0.3, -0.25) is 0 Å². The van der Waals surface area contributed by atoms with Crippen molar-refractivity contribution < 1.29 is 0 Å². The Balaban J connectivity index is 1.97. The van der Waals surface area contributed by atoms with Gasteiger partial charge in [-0.05, 0) is 0 Å². The van der Waals surface area contributed by atoms with Crippen molar-refractivity contribution in [1.82, 2.24) is 24.5 Å². The molecule has 3 heterocycles. The van der Waals surface area contributed by atoms with Crippen LogP contribution in [0.5, 0.6) is 0 Å². The first-order chi connectivity index (χ1) is 10.7. The maximum atomic E-state index is 5.28. The van der Waals surface area contributed by atoms with Gasteiger partial charge in [0.15, 0.2) is 0 Å². The van der Waals surface area contributed by atoms with Gasteiger partial charge >= 0.3 is 0 Å². The summed E-state index contributed by atoms with van der Waals surface area (Å²) in [7, 11) is 1.97. The summed E-state index contributed by atoms with van der Waals surface area (Å²) in [6.07, 6.45) is 3.41. The summed E-state index contributed by atoms with van der Waals surface area (Å²) in [4.78, 5) is 17.3. The molecule has 108 valence electrons. The second-order valence-electron chi connectivity index (χ2n) is 4.82. The van der Waals surface area contributed by atoms with Crippen molar-refractivity contribution in [3.8, 4) is 22.0 Å². The molecule has 1 aromatic carbocycles. The number of benzene rings is 1. The van der Waals surface area contributed by atoms with Crippen LogP contribution in [0.1, 0.15) is 0 Å². The molecule has 0 bridgehead atoms. The van der Waals surface area contributed by atoms with Crippen LogP contribution >= 0.6 is 23.6 Å². The molecule has 0 fully saturated rings. The highest BCUT2D eigenvalue weighted by molar-refractivity contribution is 7.71. The highest BCUT2D eigenvalue weighted by Gasteiger charge is 2.17. The van der Waals surface area contributed by atoms with Crippen LogP contribution in [0.2, 0.25) is 0 Å². The minimum atomic E-state index is 0.607. The zero-order valence-corrected chi connectivity index (χ0v) is 13.3. The van der Waals surface area contributed by atoms with Crippen molar-refractivity contribution in [2.75, 3.05) is 0 Å². The highest BCUT2D eigenvalue weighted by atomic mass is 32.1. The van der Waals surface area contributed by atoms with Gasteiger partial charge in [0, 0.05) is 12.6 Å². The van der Waals surface area contributed by atoms with Crippen molar-refractivity contribution in [1.29, 1.82) is 0 Å². The molecule has 22 heavy (non-hydrogen) atoms. The summed E-state index contributed by atoms with van der Waals surface area (Å²) in [6, 6.07) is 10.1. The Bertz CT molecular complexity index is 1010. The van der Waals surface area contributed by atoms with E-state index >= 15 is 0 Å². The number of nitrogens with one attached hydrogen (secondary N) is 1. The fraction of sp³-hybridized carbons (Fsp3) is 0.0667. The first-order valence-corrected chi connectivity index (χ1v) is 7.88. The molecule has 0 spiro atoms. The van der Waals surface area contributed by atoms with Gasteiger partial charge in [0.2, 0.25) is 0 Å². The minimum Gasteiger partial charge on any atom is -0.336 e. The summed E-state index contributed by atoms with van der Waals surface area (Å²) in [5.74, 6) is 0. The van der Waals surface area contributed by atoms with Gasteiger partial charge in [-0.25, -0.2) is 15.0 Å². The maximum Gasteiger partial charge on any atom is 0.148 e. The third-order valence-electron chi connectivity index (χ3n) is 3.39. The van der Waals surface area contributed by atoms with Crippen LogP contribution in [0.15, 0.2) is 43.0 Å². The number of imidazole rings is 1. The zero-order chi connectivity index (χ0) is 15.1. The van der Waals surface area contributed by atoms with E-state index in [0.29, 0.717) is 4.64 Å². The lowest BCUT2D eigenvalue weighted by atomic mass is 10.1. The molecule has 0 amide bonds. The van der Waals surface area contributed by atoms with Crippen molar-refractivity contribution >= 4 is 33.9 Å². The Morgan fingerprint density at radius 3 is 2.77 bits per heavy atom. The van der Waals surface area contributed by atoms with Gasteiger partial charge in [0.05, 0.1) is 18.3 Å². The number of H-pyrrole nitrogens is 1. The minimum absolute atomic E-state index is 0.607. The molecule has 5 nitrogen and oxygen atoms in total. The molecule has 0 unspecified atom stereocenters. The molecule has 1 N–H and O–H groups in total. The lowest BCUT2D eigenvalue weighted by molar-refractivity contribution is 0.920. The standard InChI is InChI=1S/C15H11N5S2/c1-20-8-18-10(9-5-3-2-4-6-9)12(20)15-19-11-13(21)16-7-17-14(11)22-15/h2-8H,1H3,(H,16,17,21). The Labute approximate surface area is 135 Å². The molecular formula is C15H11N5S2. The van der Waals surface area contributed by atoms with Crippen molar-refractivity contribution in [2.24, 2.45) is 7.05 Å². The second-order valence-corrected chi connectivity index (χ2v) is 6.21. The quantitative estimate of drug-likeness (QED) is 0.569. The third-order valence-corrected chi connectivity index (χ3v) is 4.67. The van der Waals surface area contributed by atoms with Gasteiger partial charge < -0.3 is 9.55 Å². The smallest absolute Gasteiger partial charge is 0.148 e. The largest absolute Gasteiger partial charge is 0.336 e. The monoisotopic (exact) mass is 325 g/mol. The molecule has 7 heteroatoms.